The first-order chi connectivity index (χ1) is 14.4. The fraction of sp³-hybridized carbons (Fsp3) is 0.318. The molecule has 0 unspecified atom stereocenters. The predicted molar refractivity (Wildman–Crippen MR) is 119 cm³/mol. The molecule has 1 amide bonds. The highest BCUT2D eigenvalue weighted by Crippen LogP contribution is 2.28. The van der Waals surface area contributed by atoms with Gasteiger partial charge in [-0.2, -0.15) is 4.31 Å². The number of amides is 1. The Morgan fingerprint density at radius 2 is 1.90 bits per heavy atom. The maximum Gasteiger partial charge on any atom is 0.287 e. The Morgan fingerprint density at radius 1 is 1.13 bits per heavy atom. The molecule has 1 aliphatic heterocycles. The number of rotatable bonds is 5. The van der Waals surface area contributed by atoms with E-state index < -0.39 is 10.0 Å². The average Bonchev–Trinajstić information content (AvgIpc) is 3.09. The van der Waals surface area contributed by atoms with Crippen molar-refractivity contribution in [1.82, 2.24) is 9.62 Å². The van der Waals surface area contributed by atoms with Crippen molar-refractivity contribution in [1.29, 1.82) is 0 Å². The quantitative estimate of drug-likeness (QED) is 0.566. The van der Waals surface area contributed by atoms with Gasteiger partial charge in [-0.3, -0.25) is 4.79 Å². The highest BCUT2D eigenvalue weighted by molar-refractivity contribution is 9.10. The van der Waals surface area contributed by atoms with Crippen molar-refractivity contribution in [3.8, 4) is 0 Å². The molecular formula is C22H23BrN2O4S. The van der Waals surface area contributed by atoms with Gasteiger partial charge in [-0.1, -0.05) is 34.5 Å². The zero-order chi connectivity index (χ0) is 21.3. The summed E-state index contributed by atoms with van der Waals surface area (Å²) in [5.74, 6) is -0.0655. The van der Waals surface area contributed by atoms with Crippen LogP contribution in [0.4, 0.5) is 0 Å². The van der Waals surface area contributed by atoms with Gasteiger partial charge in [0, 0.05) is 35.1 Å². The summed E-state index contributed by atoms with van der Waals surface area (Å²) >= 11 is 3.43. The van der Waals surface area contributed by atoms with Crippen molar-refractivity contribution < 1.29 is 17.6 Å². The lowest BCUT2D eigenvalue weighted by Crippen LogP contribution is -2.35. The first-order valence-electron chi connectivity index (χ1n) is 9.92. The summed E-state index contributed by atoms with van der Waals surface area (Å²) < 4.78 is 34.0. The molecule has 0 bridgehead atoms. The molecule has 0 atom stereocenters. The van der Waals surface area contributed by atoms with Gasteiger partial charge < -0.3 is 9.73 Å². The number of nitrogens with zero attached hydrogens (tertiary/aromatic N) is 1. The van der Waals surface area contributed by atoms with Crippen LogP contribution < -0.4 is 5.32 Å². The van der Waals surface area contributed by atoms with Gasteiger partial charge in [0.2, 0.25) is 10.0 Å². The summed E-state index contributed by atoms with van der Waals surface area (Å²) in [5, 5.41) is 3.72. The topological polar surface area (TPSA) is 79.6 Å². The summed E-state index contributed by atoms with van der Waals surface area (Å²) in [6.45, 7) is 3.18. The molecule has 2 aromatic carbocycles. The van der Waals surface area contributed by atoms with Crippen LogP contribution in [0, 0.1) is 6.92 Å². The molecular weight excluding hydrogens is 468 g/mol. The Balaban J connectivity index is 1.50. The van der Waals surface area contributed by atoms with E-state index in [1.807, 2.05) is 25.1 Å². The zero-order valence-corrected chi connectivity index (χ0v) is 19.1. The van der Waals surface area contributed by atoms with E-state index in [1.165, 1.54) is 0 Å². The van der Waals surface area contributed by atoms with Gasteiger partial charge in [0.15, 0.2) is 5.76 Å². The molecule has 1 N–H and O–H groups in total. The fourth-order valence-corrected chi connectivity index (χ4v) is 5.69. The zero-order valence-electron chi connectivity index (χ0n) is 16.7. The number of sulfonamides is 1. The molecule has 0 saturated carbocycles. The van der Waals surface area contributed by atoms with Crippen molar-refractivity contribution in [2.24, 2.45) is 0 Å². The third kappa shape index (κ3) is 4.17. The lowest BCUT2D eigenvalue weighted by Gasteiger charge is -2.26. The summed E-state index contributed by atoms with van der Waals surface area (Å²) in [6.07, 6.45) is 2.85. The summed E-state index contributed by atoms with van der Waals surface area (Å²) in [7, 11) is -3.51. The normalized spacial score (nSPS) is 15.4. The number of nitrogens with one attached hydrogen (secondary N) is 1. The number of carbonyl (C=O) groups is 1. The van der Waals surface area contributed by atoms with Crippen LogP contribution in [0.3, 0.4) is 0 Å². The Bertz CT molecular complexity index is 1200. The van der Waals surface area contributed by atoms with E-state index in [-0.39, 0.29) is 23.1 Å². The maximum absolute atomic E-state index is 12.9. The minimum Gasteiger partial charge on any atom is -0.451 e. The molecule has 2 heterocycles. The van der Waals surface area contributed by atoms with Gasteiger partial charge in [0.25, 0.3) is 5.91 Å². The second-order valence-corrected chi connectivity index (χ2v) is 10.3. The van der Waals surface area contributed by atoms with Crippen LogP contribution >= 0.6 is 15.9 Å². The smallest absolute Gasteiger partial charge is 0.287 e. The molecule has 0 aliphatic carbocycles. The summed E-state index contributed by atoms with van der Waals surface area (Å²) in [4.78, 5) is 12.9. The Kier molecular flexibility index (Phi) is 5.99. The molecule has 1 aromatic heterocycles. The number of aryl methyl sites for hydroxylation is 1. The molecule has 0 spiro atoms. The van der Waals surface area contributed by atoms with Crippen LogP contribution in [0.15, 0.2) is 56.2 Å². The number of hydrogen-bond acceptors (Lipinski definition) is 4. The second-order valence-electron chi connectivity index (χ2n) is 7.49. The number of piperidine rings is 1. The summed E-state index contributed by atoms with van der Waals surface area (Å²) in [6, 6.07) is 12.4. The molecule has 6 nitrogen and oxygen atoms in total. The van der Waals surface area contributed by atoms with Gasteiger partial charge in [0.05, 0.1) is 4.90 Å². The molecule has 0 radical (unpaired) electrons. The van der Waals surface area contributed by atoms with Crippen LogP contribution in [-0.4, -0.2) is 31.7 Å². The van der Waals surface area contributed by atoms with Gasteiger partial charge in [-0.05, 0) is 55.7 Å². The van der Waals surface area contributed by atoms with Gasteiger partial charge >= 0.3 is 0 Å². The van der Waals surface area contributed by atoms with E-state index in [9.17, 15) is 13.2 Å². The molecule has 4 rings (SSSR count). The molecule has 1 fully saturated rings. The lowest BCUT2D eigenvalue weighted by molar-refractivity contribution is 0.0924. The third-order valence-corrected chi connectivity index (χ3v) is 7.80. The number of carbonyl (C=O) groups excluding carboxylic acids is 1. The minimum absolute atomic E-state index is 0.211. The van der Waals surface area contributed by atoms with Crippen LogP contribution in [0.2, 0.25) is 0 Å². The van der Waals surface area contributed by atoms with E-state index in [4.69, 9.17) is 4.42 Å². The summed E-state index contributed by atoms with van der Waals surface area (Å²) in [5.41, 5.74) is 2.14. The monoisotopic (exact) mass is 490 g/mol. The van der Waals surface area contributed by atoms with Crippen LogP contribution in [-0.2, 0) is 16.6 Å². The predicted octanol–water partition coefficient (Wildman–Crippen LogP) is 4.61. The number of benzene rings is 2. The molecule has 1 saturated heterocycles. The highest BCUT2D eigenvalue weighted by Gasteiger charge is 2.26. The Hall–Kier alpha value is -2.16. The molecule has 1 aliphatic rings. The molecule has 3 aromatic rings. The number of fused-ring (bicyclic) bond motifs is 1. The Morgan fingerprint density at radius 3 is 2.67 bits per heavy atom. The molecule has 30 heavy (non-hydrogen) atoms. The average molecular weight is 491 g/mol. The van der Waals surface area contributed by atoms with E-state index in [2.05, 4.69) is 21.2 Å². The highest BCUT2D eigenvalue weighted by atomic mass is 79.9. The van der Waals surface area contributed by atoms with Crippen molar-refractivity contribution in [3.05, 3.63) is 63.8 Å². The first kappa shape index (κ1) is 21.1. The SMILES string of the molecule is Cc1c(C(=O)NCc2cccc(S(=O)(=O)N3CCCCC3)c2)oc2ccc(Br)cc12. The van der Waals surface area contributed by atoms with Crippen LogP contribution in [0.1, 0.15) is 40.9 Å². The van der Waals surface area contributed by atoms with Crippen molar-refractivity contribution >= 4 is 42.8 Å². The number of furan rings is 1. The van der Waals surface area contributed by atoms with E-state index in [0.29, 0.717) is 18.7 Å². The van der Waals surface area contributed by atoms with Crippen LogP contribution in [0.25, 0.3) is 11.0 Å². The third-order valence-electron chi connectivity index (χ3n) is 5.41. The largest absolute Gasteiger partial charge is 0.451 e. The Labute approximate surface area is 184 Å². The van der Waals surface area contributed by atoms with Gasteiger partial charge in [-0.15, -0.1) is 0 Å². The van der Waals surface area contributed by atoms with Crippen molar-refractivity contribution in [2.75, 3.05) is 13.1 Å². The van der Waals surface area contributed by atoms with Crippen LogP contribution in [0.5, 0.6) is 0 Å². The van der Waals surface area contributed by atoms with Crippen molar-refractivity contribution in [2.45, 2.75) is 37.6 Å². The van der Waals surface area contributed by atoms with E-state index in [1.54, 1.807) is 28.6 Å². The lowest BCUT2D eigenvalue weighted by atomic mass is 10.1. The number of hydrogen-bond donors (Lipinski definition) is 1. The molecule has 158 valence electrons. The fourth-order valence-electron chi connectivity index (χ4n) is 3.74. The van der Waals surface area contributed by atoms with Gasteiger partial charge in [0.1, 0.15) is 5.58 Å². The first-order valence-corrected chi connectivity index (χ1v) is 12.2. The minimum atomic E-state index is -3.51. The van der Waals surface area contributed by atoms with Gasteiger partial charge in [-0.25, -0.2) is 8.42 Å². The second kappa shape index (κ2) is 8.53. The maximum atomic E-state index is 12.9. The van der Waals surface area contributed by atoms with Crippen molar-refractivity contribution in [3.63, 3.8) is 0 Å². The molecule has 8 heteroatoms. The number of halogens is 1. The van der Waals surface area contributed by atoms with E-state index >= 15 is 0 Å². The standard InChI is InChI=1S/C22H23BrN2O4S/c1-15-19-13-17(23)8-9-20(19)29-21(15)22(26)24-14-16-6-5-7-18(12-16)30(27,28)25-10-3-2-4-11-25/h5-9,12-13H,2-4,10-11,14H2,1H3,(H,24,26). The van der Waals surface area contributed by atoms with E-state index in [0.717, 1.165) is 40.2 Å².